The fraction of sp³-hybridized carbons (Fsp3) is 0.765. The van der Waals surface area contributed by atoms with Gasteiger partial charge in [0.1, 0.15) is 5.76 Å². The summed E-state index contributed by atoms with van der Waals surface area (Å²) in [6, 6.07) is 0. The van der Waals surface area contributed by atoms with Crippen LogP contribution >= 0.6 is 0 Å². The van der Waals surface area contributed by atoms with Crippen molar-refractivity contribution in [2.45, 2.75) is 47.0 Å². The van der Waals surface area contributed by atoms with E-state index < -0.39 is 0 Å². The van der Waals surface area contributed by atoms with Crippen LogP contribution in [0, 0.1) is 5.92 Å². The molecule has 0 aromatic carbocycles. The molecule has 0 saturated carbocycles. The SMILES string of the molecule is C/C=C\C(=C/C)OCCCN1CCC(CO)CC1.CC. The van der Waals surface area contributed by atoms with E-state index in [0.717, 1.165) is 51.3 Å². The summed E-state index contributed by atoms with van der Waals surface area (Å²) in [5, 5.41) is 9.08. The van der Waals surface area contributed by atoms with Crippen molar-refractivity contribution in [1.29, 1.82) is 0 Å². The van der Waals surface area contributed by atoms with Crippen molar-refractivity contribution < 1.29 is 9.84 Å². The van der Waals surface area contributed by atoms with Crippen LogP contribution in [0.15, 0.2) is 24.0 Å². The van der Waals surface area contributed by atoms with Crippen molar-refractivity contribution >= 4 is 0 Å². The van der Waals surface area contributed by atoms with Crippen molar-refractivity contribution in [3.8, 4) is 0 Å². The molecule has 118 valence electrons. The Hall–Kier alpha value is -0.800. The highest BCUT2D eigenvalue weighted by Gasteiger charge is 2.17. The standard InChI is InChI=1S/C15H27NO2.C2H6/c1-3-6-15(4-2)18-12-5-9-16-10-7-14(13-17)8-11-16;1-2/h3-4,6,14,17H,5,7-13H2,1-2H3;1-2H3/b6-3-,15-4+;. The molecule has 1 saturated heterocycles. The van der Waals surface area contributed by atoms with Gasteiger partial charge in [-0.05, 0) is 64.3 Å². The first-order valence-electron chi connectivity index (χ1n) is 8.05. The van der Waals surface area contributed by atoms with Crippen LogP contribution in [-0.4, -0.2) is 42.9 Å². The second kappa shape index (κ2) is 13.2. The molecule has 1 aliphatic heterocycles. The minimum absolute atomic E-state index is 0.352. The van der Waals surface area contributed by atoms with E-state index in [1.54, 1.807) is 0 Å². The molecule has 0 atom stereocenters. The van der Waals surface area contributed by atoms with Crippen LogP contribution < -0.4 is 0 Å². The predicted molar refractivity (Wildman–Crippen MR) is 86.7 cm³/mol. The number of hydrogen-bond donors (Lipinski definition) is 1. The molecule has 0 spiro atoms. The molecule has 1 heterocycles. The van der Waals surface area contributed by atoms with Gasteiger partial charge < -0.3 is 14.7 Å². The molecule has 0 aromatic rings. The van der Waals surface area contributed by atoms with E-state index in [2.05, 4.69) is 4.90 Å². The largest absolute Gasteiger partial charge is 0.494 e. The number of rotatable bonds is 7. The number of aliphatic hydroxyl groups is 1. The molecule has 0 bridgehead atoms. The minimum atomic E-state index is 0.352. The summed E-state index contributed by atoms with van der Waals surface area (Å²) in [6.07, 6.45) is 9.32. The van der Waals surface area contributed by atoms with Gasteiger partial charge in [-0.25, -0.2) is 0 Å². The molecule has 0 aliphatic carbocycles. The van der Waals surface area contributed by atoms with Crippen molar-refractivity contribution in [2.24, 2.45) is 5.92 Å². The highest BCUT2D eigenvalue weighted by molar-refractivity contribution is 5.09. The highest BCUT2D eigenvalue weighted by atomic mass is 16.5. The molecule has 0 amide bonds. The number of hydrogen-bond acceptors (Lipinski definition) is 3. The second-order valence-corrected chi connectivity index (χ2v) is 4.86. The van der Waals surface area contributed by atoms with Crippen LogP contribution in [0.1, 0.15) is 47.0 Å². The van der Waals surface area contributed by atoms with Crippen molar-refractivity contribution in [3.63, 3.8) is 0 Å². The molecule has 0 radical (unpaired) electrons. The Balaban J connectivity index is 0.00000172. The van der Waals surface area contributed by atoms with E-state index in [1.807, 2.05) is 45.9 Å². The maximum Gasteiger partial charge on any atom is 0.114 e. The second-order valence-electron chi connectivity index (χ2n) is 4.86. The van der Waals surface area contributed by atoms with Gasteiger partial charge >= 0.3 is 0 Å². The summed E-state index contributed by atoms with van der Waals surface area (Å²) in [5.41, 5.74) is 0. The maximum absolute atomic E-state index is 9.08. The molecule has 20 heavy (non-hydrogen) atoms. The molecular weight excluding hydrogens is 250 g/mol. The van der Waals surface area contributed by atoms with Gasteiger partial charge in [-0.15, -0.1) is 0 Å². The van der Waals surface area contributed by atoms with E-state index in [0.29, 0.717) is 12.5 Å². The summed E-state index contributed by atoms with van der Waals surface area (Å²) < 4.78 is 5.67. The van der Waals surface area contributed by atoms with E-state index >= 15 is 0 Å². The van der Waals surface area contributed by atoms with Crippen molar-refractivity contribution in [2.75, 3.05) is 32.8 Å². The molecule has 3 heteroatoms. The normalized spacial score (nSPS) is 17.9. The number of piperidine rings is 1. The average Bonchev–Trinajstić information content (AvgIpc) is 2.53. The van der Waals surface area contributed by atoms with Gasteiger partial charge in [-0.2, -0.15) is 0 Å². The third-order valence-electron chi connectivity index (χ3n) is 3.47. The van der Waals surface area contributed by atoms with Gasteiger partial charge in [-0.3, -0.25) is 0 Å². The fourth-order valence-electron chi connectivity index (χ4n) is 2.26. The Morgan fingerprint density at radius 1 is 1.25 bits per heavy atom. The zero-order chi connectivity index (χ0) is 15.2. The third-order valence-corrected chi connectivity index (χ3v) is 3.47. The number of allylic oxidation sites excluding steroid dienone is 3. The number of ether oxygens (including phenoxy) is 1. The fourth-order valence-corrected chi connectivity index (χ4v) is 2.26. The van der Waals surface area contributed by atoms with E-state index in [1.165, 1.54) is 0 Å². The van der Waals surface area contributed by atoms with Gasteiger partial charge in [0.25, 0.3) is 0 Å². The Morgan fingerprint density at radius 2 is 1.90 bits per heavy atom. The zero-order valence-electron chi connectivity index (χ0n) is 13.8. The number of aliphatic hydroxyl groups excluding tert-OH is 1. The lowest BCUT2D eigenvalue weighted by Gasteiger charge is -2.30. The molecule has 1 rings (SSSR count). The summed E-state index contributed by atoms with van der Waals surface area (Å²) in [4.78, 5) is 2.47. The topological polar surface area (TPSA) is 32.7 Å². The van der Waals surface area contributed by atoms with E-state index in [9.17, 15) is 0 Å². The summed E-state index contributed by atoms with van der Waals surface area (Å²) in [6.45, 7) is 12.5. The predicted octanol–water partition coefficient (Wildman–Crippen LogP) is 3.60. The Labute approximate surface area is 125 Å². The van der Waals surface area contributed by atoms with Gasteiger partial charge in [0.15, 0.2) is 0 Å². The van der Waals surface area contributed by atoms with Gasteiger partial charge in [-0.1, -0.05) is 19.9 Å². The third kappa shape index (κ3) is 8.39. The first-order chi connectivity index (χ1) is 9.80. The van der Waals surface area contributed by atoms with Gasteiger partial charge in [0.05, 0.1) is 6.61 Å². The molecular formula is C17H33NO2. The maximum atomic E-state index is 9.08. The first kappa shape index (κ1) is 19.2. The lowest BCUT2D eigenvalue weighted by molar-refractivity contribution is 0.121. The van der Waals surface area contributed by atoms with Gasteiger partial charge in [0, 0.05) is 13.2 Å². The molecule has 1 fully saturated rings. The molecule has 1 aliphatic rings. The number of nitrogens with zero attached hydrogens (tertiary/aromatic N) is 1. The summed E-state index contributed by atoms with van der Waals surface area (Å²) in [7, 11) is 0. The van der Waals surface area contributed by atoms with Crippen LogP contribution in [0.3, 0.4) is 0 Å². The zero-order valence-corrected chi connectivity index (χ0v) is 13.8. The highest BCUT2D eigenvalue weighted by Crippen LogP contribution is 2.16. The number of likely N-dealkylation sites (tertiary alicyclic amines) is 1. The van der Waals surface area contributed by atoms with Crippen molar-refractivity contribution in [1.82, 2.24) is 4.90 Å². The smallest absolute Gasteiger partial charge is 0.114 e. The molecule has 0 unspecified atom stereocenters. The molecule has 1 N–H and O–H groups in total. The van der Waals surface area contributed by atoms with Crippen LogP contribution in [0.25, 0.3) is 0 Å². The van der Waals surface area contributed by atoms with E-state index in [4.69, 9.17) is 9.84 Å². The van der Waals surface area contributed by atoms with E-state index in [-0.39, 0.29) is 0 Å². The Bertz CT molecular complexity index is 266. The lowest BCUT2D eigenvalue weighted by atomic mass is 9.98. The summed E-state index contributed by atoms with van der Waals surface area (Å²) in [5.74, 6) is 1.48. The lowest BCUT2D eigenvalue weighted by Crippen LogP contribution is -2.35. The van der Waals surface area contributed by atoms with Crippen LogP contribution in [0.4, 0.5) is 0 Å². The Morgan fingerprint density at radius 3 is 2.40 bits per heavy atom. The summed E-state index contributed by atoms with van der Waals surface area (Å²) >= 11 is 0. The Kier molecular flexibility index (Phi) is 12.7. The van der Waals surface area contributed by atoms with Crippen LogP contribution in [-0.2, 0) is 4.74 Å². The quantitative estimate of drug-likeness (QED) is 0.440. The first-order valence-corrected chi connectivity index (χ1v) is 8.05. The van der Waals surface area contributed by atoms with Gasteiger partial charge in [0.2, 0.25) is 0 Å². The average molecular weight is 283 g/mol. The monoisotopic (exact) mass is 283 g/mol. The van der Waals surface area contributed by atoms with Crippen LogP contribution in [0.5, 0.6) is 0 Å². The van der Waals surface area contributed by atoms with Crippen molar-refractivity contribution in [3.05, 3.63) is 24.0 Å². The minimum Gasteiger partial charge on any atom is -0.494 e. The van der Waals surface area contributed by atoms with Crippen LogP contribution in [0.2, 0.25) is 0 Å². The molecule has 3 nitrogen and oxygen atoms in total. The molecule has 0 aromatic heterocycles.